The summed E-state index contributed by atoms with van der Waals surface area (Å²) in [4.78, 5) is 30.7. The van der Waals surface area contributed by atoms with E-state index in [-0.39, 0.29) is 32.6 Å². The van der Waals surface area contributed by atoms with Gasteiger partial charge < -0.3 is 35.1 Å². The summed E-state index contributed by atoms with van der Waals surface area (Å²) in [5.74, 6) is -3.13. The molecule has 0 radical (unpaired) electrons. The van der Waals surface area contributed by atoms with Crippen molar-refractivity contribution in [1.29, 1.82) is 0 Å². The summed E-state index contributed by atoms with van der Waals surface area (Å²) in [5, 5.41) is 29.9. The molecule has 4 N–H and O–H groups in total. The van der Waals surface area contributed by atoms with E-state index >= 15 is 0 Å². The molecule has 0 spiro atoms. The first kappa shape index (κ1) is 37.0. The van der Waals surface area contributed by atoms with Gasteiger partial charge in [-0.15, -0.1) is 0 Å². The summed E-state index contributed by atoms with van der Waals surface area (Å²) >= 11 is 11.3. The number of hydrogen-bond acceptors (Lipinski definition) is 10. The number of nitrogens with zero attached hydrogens (tertiary/aromatic N) is 1. The zero-order chi connectivity index (χ0) is 36.9. The van der Waals surface area contributed by atoms with Gasteiger partial charge in [-0.25, -0.2) is 0 Å². The SMILES string of the molecule is CCOc1ccc([C@@H]2C(=S)NC(=O)C(C(C3=C(O)[C@@H](c4ccc(OCC)cc4)C(=S)NC3=O)c3ccc(OC)c(CN4CCCCC4)c3)=C2O)cc1. The lowest BCUT2D eigenvalue weighted by molar-refractivity contribution is -0.117. The number of ether oxygens (including phenoxy) is 3. The van der Waals surface area contributed by atoms with Gasteiger partial charge in [-0.05, 0) is 92.9 Å². The number of benzene rings is 3. The number of rotatable bonds is 12. The van der Waals surface area contributed by atoms with Crippen LogP contribution in [0.4, 0.5) is 0 Å². The van der Waals surface area contributed by atoms with Crippen LogP contribution in [0.15, 0.2) is 89.4 Å². The fraction of sp³-hybridized carbons (Fsp3) is 0.350. The largest absolute Gasteiger partial charge is 0.511 e. The monoisotopic (exact) mass is 741 g/mol. The highest BCUT2D eigenvalue weighted by atomic mass is 32.1. The van der Waals surface area contributed by atoms with Crippen molar-refractivity contribution >= 4 is 46.2 Å². The van der Waals surface area contributed by atoms with Crippen LogP contribution < -0.4 is 24.8 Å². The maximum absolute atomic E-state index is 14.1. The van der Waals surface area contributed by atoms with Gasteiger partial charge >= 0.3 is 0 Å². The number of likely N-dealkylation sites (tertiary alicyclic amines) is 1. The fourth-order valence-corrected chi connectivity index (χ4v) is 7.94. The molecule has 2 amide bonds. The van der Waals surface area contributed by atoms with Crippen LogP contribution in [-0.2, 0) is 16.1 Å². The Bertz CT molecular complexity index is 1810. The van der Waals surface area contributed by atoms with Gasteiger partial charge in [0.25, 0.3) is 11.8 Å². The minimum absolute atomic E-state index is 0.106. The minimum atomic E-state index is -1.23. The molecule has 0 saturated carbocycles. The van der Waals surface area contributed by atoms with Crippen LogP contribution in [0.2, 0.25) is 0 Å². The number of piperidine rings is 1. The molecule has 52 heavy (non-hydrogen) atoms. The molecule has 1 fully saturated rings. The quantitative estimate of drug-likeness (QED) is 0.150. The minimum Gasteiger partial charge on any atom is -0.511 e. The van der Waals surface area contributed by atoms with Crippen LogP contribution in [0.25, 0.3) is 0 Å². The third-order valence-electron chi connectivity index (χ3n) is 9.69. The highest BCUT2D eigenvalue weighted by Gasteiger charge is 2.45. The number of hydrogen-bond donors (Lipinski definition) is 4. The molecule has 3 atom stereocenters. The average Bonchev–Trinajstić information content (AvgIpc) is 3.12. The van der Waals surface area contributed by atoms with Crippen LogP contribution in [0.3, 0.4) is 0 Å². The number of carbonyl (C=O) groups is 2. The first-order valence-electron chi connectivity index (χ1n) is 17.6. The molecule has 3 aliphatic heterocycles. The van der Waals surface area contributed by atoms with Crippen molar-refractivity contribution in [2.75, 3.05) is 33.4 Å². The smallest absolute Gasteiger partial charge is 0.256 e. The summed E-state index contributed by atoms with van der Waals surface area (Å²) in [6, 6.07) is 19.6. The maximum Gasteiger partial charge on any atom is 0.256 e. The van der Waals surface area contributed by atoms with E-state index in [1.54, 1.807) is 67.8 Å². The molecule has 3 heterocycles. The Labute approximate surface area is 314 Å². The van der Waals surface area contributed by atoms with Gasteiger partial charge in [0.15, 0.2) is 0 Å². The first-order chi connectivity index (χ1) is 25.1. The third-order valence-corrected chi connectivity index (χ3v) is 10.4. The Morgan fingerprint density at radius 2 is 1.23 bits per heavy atom. The highest BCUT2D eigenvalue weighted by molar-refractivity contribution is 7.80. The second kappa shape index (κ2) is 16.3. The van der Waals surface area contributed by atoms with Gasteiger partial charge in [-0.3, -0.25) is 14.5 Å². The molecule has 6 rings (SSSR count). The number of aliphatic hydroxyl groups excluding tert-OH is 2. The molecule has 10 nitrogen and oxygen atoms in total. The molecule has 0 bridgehead atoms. The van der Waals surface area contributed by atoms with Crippen molar-refractivity contribution in [3.8, 4) is 17.2 Å². The zero-order valence-corrected chi connectivity index (χ0v) is 31.1. The van der Waals surface area contributed by atoms with Crippen LogP contribution in [0, 0.1) is 0 Å². The van der Waals surface area contributed by atoms with E-state index < -0.39 is 29.6 Å². The molecule has 0 aromatic heterocycles. The van der Waals surface area contributed by atoms with E-state index in [9.17, 15) is 19.8 Å². The Hall–Kier alpha value is -4.78. The van der Waals surface area contributed by atoms with Crippen molar-refractivity contribution in [1.82, 2.24) is 15.5 Å². The molecule has 272 valence electrons. The van der Waals surface area contributed by atoms with Gasteiger partial charge in [0, 0.05) is 12.1 Å². The number of amides is 2. The predicted octanol–water partition coefficient (Wildman–Crippen LogP) is 6.67. The van der Waals surface area contributed by atoms with Crippen LogP contribution in [0.5, 0.6) is 17.2 Å². The lowest BCUT2D eigenvalue weighted by atomic mass is 9.75. The van der Waals surface area contributed by atoms with Crippen molar-refractivity contribution in [2.24, 2.45) is 0 Å². The molecule has 3 aromatic rings. The standard InChI is InChI=1S/C40H43N3O7S2/c1-4-49-27-14-9-23(10-15-27)31-35(44)33(37(46)41-39(31)51)30(25-13-18-29(48-3)26(21-25)22-43-19-7-6-8-20-43)34-36(45)32(40(52)42-38(34)47)24-11-16-28(17-12-24)50-5-2/h9-18,21,30-32,44-45H,4-8,19-20,22H2,1-3H3,(H,41,46,51)(H,42,47,52)/t30?,31-,32+. The number of carbonyl (C=O) groups excluding carboxylic acids is 2. The van der Waals surface area contributed by atoms with E-state index in [4.69, 9.17) is 38.6 Å². The van der Waals surface area contributed by atoms with Crippen molar-refractivity contribution < 1.29 is 34.0 Å². The summed E-state index contributed by atoms with van der Waals surface area (Å²) in [5.41, 5.74) is 2.34. The Balaban J connectivity index is 1.55. The van der Waals surface area contributed by atoms with Crippen LogP contribution >= 0.6 is 24.4 Å². The van der Waals surface area contributed by atoms with Gasteiger partial charge in [-0.1, -0.05) is 61.2 Å². The number of thiocarbonyl (C=S) groups is 2. The Kier molecular flexibility index (Phi) is 11.6. The van der Waals surface area contributed by atoms with E-state index in [1.165, 1.54) is 6.42 Å². The van der Waals surface area contributed by atoms with Crippen LogP contribution in [0.1, 0.15) is 73.1 Å². The van der Waals surface area contributed by atoms with Crippen LogP contribution in [-0.4, -0.2) is 70.3 Å². The van der Waals surface area contributed by atoms with Crippen molar-refractivity contribution in [3.63, 3.8) is 0 Å². The summed E-state index contributed by atoms with van der Waals surface area (Å²) < 4.78 is 17.0. The summed E-state index contributed by atoms with van der Waals surface area (Å²) in [6.45, 7) is 7.18. The highest BCUT2D eigenvalue weighted by Crippen LogP contribution is 2.45. The van der Waals surface area contributed by atoms with E-state index in [0.717, 1.165) is 31.5 Å². The van der Waals surface area contributed by atoms with Gasteiger partial charge in [0.05, 0.1) is 59.2 Å². The molecule has 12 heteroatoms. The fourth-order valence-electron chi connectivity index (χ4n) is 7.26. The molecule has 0 aliphatic carbocycles. The van der Waals surface area contributed by atoms with Crippen molar-refractivity contribution in [3.05, 3.63) is 112 Å². The van der Waals surface area contributed by atoms with Gasteiger partial charge in [0.2, 0.25) is 0 Å². The van der Waals surface area contributed by atoms with Gasteiger partial charge in [0.1, 0.15) is 28.8 Å². The number of methoxy groups -OCH3 is 1. The summed E-state index contributed by atoms with van der Waals surface area (Å²) in [6.07, 6.45) is 3.36. The van der Waals surface area contributed by atoms with Crippen molar-refractivity contribution in [2.45, 2.75) is 57.4 Å². The number of aliphatic hydroxyl groups is 2. The van der Waals surface area contributed by atoms with E-state index in [2.05, 4.69) is 15.5 Å². The normalized spacial score (nSPS) is 20.4. The molecular formula is C40H43N3O7S2. The predicted molar refractivity (Wildman–Crippen MR) is 206 cm³/mol. The third kappa shape index (κ3) is 7.55. The van der Waals surface area contributed by atoms with E-state index in [1.807, 2.05) is 19.9 Å². The topological polar surface area (TPSA) is 130 Å². The molecule has 1 saturated heterocycles. The lowest BCUT2D eigenvalue weighted by Crippen LogP contribution is -2.46. The first-order valence-corrected chi connectivity index (χ1v) is 18.4. The molecule has 3 aromatic carbocycles. The second-order valence-electron chi connectivity index (χ2n) is 12.9. The summed E-state index contributed by atoms with van der Waals surface area (Å²) in [7, 11) is 1.60. The second-order valence-corrected chi connectivity index (χ2v) is 13.8. The lowest BCUT2D eigenvalue weighted by Gasteiger charge is -2.35. The van der Waals surface area contributed by atoms with Gasteiger partial charge in [-0.2, -0.15) is 0 Å². The zero-order valence-electron chi connectivity index (χ0n) is 29.4. The molecular weight excluding hydrogens is 699 g/mol. The molecule has 3 aliphatic rings. The molecule has 1 unspecified atom stereocenters. The Morgan fingerprint density at radius 1 is 0.750 bits per heavy atom. The van der Waals surface area contributed by atoms with E-state index in [0.29, 0.717) is 53.7 Å². The number of nitrogens with one attached hydrogen (secondary N) is 2. The maximum atomic E-state index is 14.1. The Morgan fingerprint density at radius 3 is 1.67 bits per heavy atom. The average molecular weight is 742 g/mol.